The molecule has 1 heterocycles. The average molecular weight is 291 g/mol. The summed E-state index contributed by atoms with van der Waals surface area (Å²) in [5.41, 5.74) is 1.72. The summed E-state index contributed by atoms with van der Waals surface area (Å²) in [6.07, 6.45) is 0. The van der Waals surface area contributed by atoms with Crippen LogP contribution in [0.2, 0.25) is 0 Å². The molecule has 0 radical (unpaired) electrons. The van der Waals surface area contributed by atoms with E-state index >= 15 is 0 Å². The van der Waals surface area contributed by atoms with E-state index in [0.717, 1.165) is 28.5 Å². The fourth-order valence-corrected chi connectivity index (χ4v) is 2.24. The molecule has 0 atom stereocenters. The molecule has 0 unspecified atom stereocenters. The first kappa shape index (κ1) is 14.5. The van der Waals surface area contributed by atoms with Crippen LogP contribution in [0.15, 0.2) is 30.3 Å². The minimum absolute atomic E-state index is 0.309. The summed E-state index contributed by atoms with van der Waals surface area (Å²) in [7, 11) is 1.63. The van der Waals surface area contributed by atoms with E-state index in [-0.39, 0.29) is 5.97 Å². The summed E-state index contributed by atoms with van der Waals surface area (Å²) in [6, 6.07) is 9.32. The lowest BCUT2D eigenvalue weighted by Gasteiger charge is -2.04. The quantitative estimate of drug-likeness (QED) is 0.789. The monoisotopic (exact) mass is 291 g/mol. The van der Waals surface area contributed by atoms with Crippen molar-refractivity contribution in [3.8, 4) is 17.0 Å². The third-order valence-corrected chi connectivity index (χ3v) is 3.41. The zero-order valence-corrected chi connectivity index (χ0v) is 12.6. The largest absolute Gasteiger partial charge is 0.497 e. The molecule has 0 aliphatic heterocycles. The Labute approximate surface area is 122 Å². The first-order chi connectivity index (χ1) is 9.60. The predicted molar refractivity (Wildman–Crippen MR) is 79.2 cm³/mol. The molecule has 4 nitrogen and oxygen atoms in total. The van der Waals surface area contributed by atoms with Crippen molar-refractivity contribution in [2.75, 3.05) is 13.7 Å². The van der Waals surface area contributed by atoms with Crippen molar-refractivity contribution in [1.29, 1.82) is 0 Å². The van der Waals surface area contributed by atoms with Crippen LogP contribution in [0.5, 0.6) is 5.75 Å². The Bertz CT molecular complexity index is 575. The fourth-order valence-electron chi connectivity index (χ4n) is 1.58. The minimum Gasteiger partial charge on any atom is -0.497 e. The number of rotatable bonds is 5. The molecule has 106 valence electrons. The van der Waals surface area contributed by atoms with Crippen LogP contribution >= 0.6 is 11.5 Å². The first-order valence-corrected chi connectivity index (χ1v) is 7.15. The molecule has 0 fully saturated rings. The Hall–Kier alpha value is -1.88. The number of carbonyl (C=O) groups is 1. The minimum atomic E-state index is -0.309. The van der Waals surface area contributed by atoms with Crippen LogP contribution in [-0.2, 0) is 4.74 Å². The number of methoxy groups -OCH3 is 1. The van der Waals surface area contributed by atoms with Crippen LogP contribution in [-0.4, -0.2) is 24.1 Å². The van der Waals surface area contributed by atoms with Gasteiger partial charge in [0, 0.05) is 5.56 Å². The molecular weight excluding hydrogens is 274 g/mol. The molecule has 0 amide bonds. The van der Waals surface area contributed by atoms with Gasteiger partial charge in [0.2, 0.25) is 0 Å². The highest BCUT2D eigenvalue weighted by Gasteiger charge is 2.13. The van der Waals surface area contributed by atoms with Gasteiger partial charge in [-0.3, -0.25) is 0 Å². The zero-order chi connectivity index (χ0) is 14.5. The van der Waals surface area contributed by atoms with Crippen molar-refractivity contribution >= 4 is 17.5 Å². The normalized spacial score (nSPS) is 10.6. The maximum atomic E-state index is 11.8. The number of hydrogen-bond acceptors (Lipinski definition) is 5. The van der Waals surface area contributed by atoms with Crippen molar-refractivity contribution in [3.63, 3.8) is 0 Å². The van der Waals surface area contributed by atoms with E-state index in [4.69, 9.17) is 9.47 Å². The standard InChI is InChI=1S/C15H17NO3S/c1-10(2)9-19-15(17)14-8-13(16-20-14)11-4-6-12(18-3)7-5-11/h4-8,10H,9H2,1-3H3. The summed E-state index contributed by atoms with van der Waals surface area (Å²) in [5, 5.41) is 0. The van der Waals surface area contributed by atoms with Gasteiger partial charge in [-0.25, -0.2) is 4.79 Å². The molecule has 0 saturated carbocycles. The number of benzene rings is 1. The maximum Gasteiger partial charge on any atom is 0.349 e. The summed E-state index contributed by atoms with van der Waals surface area (Å²) in [4.78, 5) is 12.3. The molecule has 2 rings (SSSR count). The zero-order valence-electron chi connectivity index (χ0n) is 11.8. The molecule has 0 spiro atoms. The number of esters is 1. The first-order valence-electron chi connectivity index (χ1n) is 6.38. The van der Waals surface area contributed by atoms with E-state index in [0.29, 0.717) is 17.4 Å². The molecule has 0 N–H and O–H groups in total. The van der Waals surface area contributed by atoms with Gasteiger partial charge in [-0.1, -0.05) is 13.8 Å². The second-order valence-electron chi connectivity index (χ2n) is 4.80. The number of carbonyl (C=O) groups excluding carboxylic acids is 1. The fraction of sp³-hybridized carbons (Fsp3) is 0.333. The van der Waals surface area contributed by atoms with E-state index < -0.39 is 0 Å². The SMILES string of the molecule is COc1ccc(-c2cc(C(=O)OCC(C)C)sn2)cc1. The lowest BCUT2D eigenvalue weighted by Crippen LogP contribution is -2.08. The molecule has 0 aliphatic rings. The van der Waals surface area contributed by atoms with E-state index in [1.807, 2.05) is 38.1 Å². The van der Waals surface area contributed by atoms with Crippen LogP contribution < -0.4 is 4.74 Å². The van der Waals surface area contributed by atoms with E-state index in [1.165, 1.54) is 0 Å². The van der Waals surface area contributed by atoms with Crippen molar-refractivity contribution in [1.82, 2.24) is 4.37 Å². The van der Waals surface area contributed by atoms with Gasteiger partial charge >= 0.3 is 5.97 Å². The van der Waals surface area contributed by atoms with Crippen LogP contribution in [0.4, 0.5) is 0 Å². The molecular formula is C15H17NO3S. The molecule has 0 saturated heterocycles. The van der Waals surface area contributed by atoms with Crippen molar-refractivity contribution in [2.45, 2.75) is 13.8 Å². The van der Waals surface area contributed by atoms with Crippen molar-refractivity contribution < 1.29 is 14.3 Å². The van der Waals surface area contributed by atoms with E-state index in [9.17, 15) is 4.79 Å². The number of ether oxygens (including phenoxy) is 2. The summed E-state index contributed by atoms with van der Waals surface area (Å²) < 4.78 is 14.6. The van der Waals surface area contributed by atoms with Crippen molar-refractivity contribution in [3.05, 3.63) is 35.2 Å². The lowest BCUT2D eigenvalue weighted by molar-refractivity contribution is 0.0465. The molecule has 20 heavy (non-hydrogen) atoms. The van der Waals surface area contributed by atoms with E-state index in [2.05, 4.69) is 4.37 Å². The van der Waals surface area contributed by atoms with Gasteiger partial charge in [-0.05, 0) is 47.8 Å². The van der Waals surface area contributed by atoms with Gasteiger partial charge in [0.15, 0.2) is 0 Å². The van der Waals surface area contributed by atoms with Crippen LogP contribution in [0.25, 0.3) is 11.3 Å². The Balaban J connectivity index is 2.09. The molecule has 5 heteroatoms. The Morgan fingerprint density at radius 3 is 2.60 bits per heavy atom. The highest BCUT2D eigenvalue weighted by atomic mass is 32.1. The predicted octanol–water partition coefficient (Wildman–Crippen LogP) is 3.63. The Morgan fingerprint density at radius 1 is 1.30 bits per heavy atom. The van der Waals surface area contributed by atoms with Crippen LogP contribution in [0, 0.1) is 5.92 Å². The number of hydrogen-bond donors (Lipinski definition) is 0. The second kappa shape index (κ2) is 6.52. The summed E-state index contributed by atoms with van der Waals surface area (Å²) in [5.74, 6) is 0.810. The number of aromatic nitrogens is 1. The third kappa shape index (κ3) is 3.57. The number of nitrogens with zero attached hydrogens (tertiary/aromatic N) is 1. The summed E-state index contributed by atoms with van der Waals surface area (Å²) in [6.45, 7) is 4.43. The van der Waals surface area contributed by atoms with Gasteiger partial charge in [-0.15, -0.1) is 0 Å². The molecule has 0 bridgehead atoms. The van der Waals surface area contributed by atoms with Gasteiger partial charge in [-0.2, -0.15) is 4.37 Å². The highest BCUT2D eigenvalue weighted by molar-refractivity contribution is 7.08. The van der Waals surface area contributed by atoms with Gasteiger partial charge < -0.3 is 9.47 Å². The van der Waals surface area contributed by atoms with Crippen LogP contribution in [0.1, 0.15) is 23.5 Å². The van der Waals surface area contributed by atoms with Gasteiger partial charge in [0.1, 0.15) is 10.6 Å². The maximum absolute atomic E-state index is 11.8. The van der Waals surface area contributed by atoms with E-state index in [1.54, 1.807) is 13.2 Å². The average Bonchev–Trinajstić information content (AvgIpc) is 2.94. The molecule has 2 aromatic rings. The molecule has 0 aliphatic carbocycles. The Kier molecular flexibility index (Phi) is 4.74. The van der Waals surface area contributed by atoms with Crippen molar-refractivity contribution in [2.24, 2.45) is 5.92 Å². The molecule has 1 aromatic carbocycles. The highest BCUT2D eigenvalue weighted by Crippen LogP contribution is 2.24. The third-order valence-electron chi connectivity index (χ3n) is 2.64. The summed E-state index contributed by atoms with van der Waals surface area (Å²) >= 11 is 1.16. The topological polar surface area (TPSA) is 48.4 Å². The molecule has 1 aromatic heterocycles. The smallest absolute Gasteiger partial charge is 0.349 e. The lowest BCUT2D eigenvalue weighted by atomic mass is 10.1. The van der Waals surface area contributed by atoms with Crippen LogP contribution in [0.3, 0.4) is 0 Å². The van der Waals surface area contributed by atoms with Gasteiger partial charge in [0.25, 0.3) is 0 Å². The van der Waals surface area contributed by atoms with Gasteiger partial charge in [0.05, 0.1) is 19.4 Å². The second-order valence-corrected chi connectivity index (χ2v) is 5.60. The Morgan fingerprint density at radius 2 is 2.00 bits per heavy atom.